The quantitative estimate of drug-likeness (QED) is 0.877. The van der Waals surface area contributed by atoms with E-state index in [4.69, 9.17) is 5.73 Å². The van der Waals surface area contributed by atoms with Gasteiger partial charge in [0, 0.05) is 10.9 Å². The van der Waals surface area contributed by atoms with Gasteiger partial charge in [0.25, 0.3) is 0 Å². The number of nitrogens with two attached hydrogens (primary N) is 1. The van der Waals surface area contributed by atoms with Crippen LogP contribution in [0.2, 0.25) is 0 Å². The second-order valence-corrected chi connectivity index (χ2v) is 6.74. The van der Waals surface area contributed by atoms with Crippen LogP contribution in [0.1, 0.15) is 30.7 Å². The first-order valence-electron chi connectivity index (χ1n) is 6.29. The zero-order valence-corrected chi connectivity index (χ0v) is 12.7. The van der Waals surface area contributed by atoms with Crippen LogP contribution in [0, 0.1) is 5.82 Å². The Morgan fingerprint density at radius 1 is 1.32 bits per heavy atom. The molecule has 19 heavy (non-hydrogen) atoms. The summed E-state index contributed by atoms with van der Waals surface area (Å²) in [5, 5.41) is 3.00. The minimum absolute atomic E-state index is 0.250. The van der Waals surface area contributed by atoms with E-state index in [1.807, 2.05) is 5.38 Å². The fourth-order valence-corrected chi connectivity index (χ4v) is 3.89. The first-order chi connectivity index (χ1) is 9.08. The van der Waals surface area contributed by atoms with Gasteiger partial charge in [0.05, 0.1) is 15.7 Å². The van der Waals surface area contributed by atoms with Crippen molar-refractivity contribution in [3.05, 3.63) is 38.9 Å². The highest BCUT2D eigenvalue weighted by Crippen LogP contribution is 2.39. The lowest BCUT2D eigenvalue weighted by atomic mass is 10.0. The van der Waals surface area contributed by atoms with Gasteiger partial charge >= 0.3 is 0 Å². The predicted octanol–water partition coefficient (Wildman–Crippen LogP) is 4.44. The normalized spacial score (nSPS) is 17.8. The second kappa shape index (κ2) is 4.96. The average molecular weight is 341 g/mol. The first-order valence-corrected chi connectivity index (χ1v) is 7.96. The van der Waals surface area contributed by atoms with Crippen molar-refractivity contribution in [1.82, 2.24) is 4.98 Å². The predicted molar refractivity (Wildman–Crippen MR) is 79.5 cm³/mol. The summed E-state index contributed by atoms with van der Waals surface area (Å²) in [6.45, 7) is 0. The maximum atomic E-state index is 13.2. The van der Waals surface area contributed by atoms with Crippen LogP contribution in [-0.2, 0) is 5.54 Å². The Morgan fingerprint density at radius 2 is 2.05 bits per heavy atom. The van der Waals surface area contributed by atoms with Crippen LogP contribution in [0.25, 0.3) is 11.3 Å². The van der Waals surface area contributed by atoms with Crippen LogP contribution < -0.4 is 5.73 Å². The van der Waals surface area contributed by atoms with E-state index in [1.54, 1.807) is 23.5 Å². The summed E-state index contributed by atoms with van der Waals surface area (Å²) in [6, 6.07) is 4.95. The van der Waals surface area contributed by atoms with Crippen LogP contribution in [0.15, 0.2) is 28.1 Å². The lowest BCUT2D eigenvalue weighted by Crippen LogP contribution is -2.32. The molecule has 2 N–H and O–H groups in total. The molecule has 2 nitrogen and oxygen atoms in total. The topological polar surface area (TPSA) is 38.9 Å². The number of thiazole rings is 1. The van der Waals surface area contributed by atoms with Gasteiger partial charge in [0.15, 0.2) is 0 Å². The first kappa shape index (κ1) is 13.2. The lowest BCUT2D eigenvalue weighted by molar-refractivity contribution is 0.459. The molecule has 1 heterocycles. The lowest BCUT2D eigenvalue weighted by Gasteiger charge is -2.19. The van der Waals surface area contributed by atoms with Crippen molar-refractivity contribution in [2.24, 2.45) is 5.73 Å². The van der Waals surface area contributed by atoms with Crippen molar-refractivity contribution in [2.45, 2.75) is 31.2 Å². The molecule has 1 aliphatic carbocycles. The van der Waals surface area contributed by atoms with Crippen molar-refractivity contribution in [3.63, 3.8) is 0 Å². The third-order valence-corrected chi connectivity index (χ3v) is 5.31. The number of benzene rings is 1. The maximum absolute atomic E-state index is 13.2. The van der Waals surface area contributed by atoms with Crippen LogP contribution in [0.5, 0.6) is 0 Å². The standard InChI is InChI=1S/C14H14BrFN2S/c15-10-7-9(3-4-11(10)16)12-8-19-13(18-12)14(17)5-1-2-6-14/h3-4,7-8H,1-2,5-6,17H2. The minimum Gasteiger partial charge on any atom is -0.319 e. The van der Waals surface area contributed by atoms with Gasteiger partial charge in [-0.3, -0.25) is 0 Å². The molecule has 5 heteroatoms. The summed E-state index contributed by atoms with van der Waals surface area (Å²) in [5.41, 5.74) is 7.94. The van der Waals surface area contributed by atoms with E-state index in [2.05, 4.69) is 20.9 Å². The Morgan fingerprint density at radius 3 is 2.74 bits per heavy atom. The molecule has 1 aromatic carbocycles. The van der Waals surface area contributed by atoms with E-state index in [9.17, 15) is 4.39 Å². The summed E-state index contributed by atoms with van der Waals surface area (Å²) in [7, 11) is 0. The van der Waals surface area contributed by atoms with Gasteiger partial charge in [0.2, 0.25) is 0 Å². The second-order valence-electron chi connectivity index (χ2n) is 5.03. The molecule has 3 rings (SSSR count). The Labute approximate surface area is 124 Å². The van der Waals surface area contributed by atoms with Gasteiger partial charge in [-0.2, -0.15) is 0 Å². The van der Waals surface area contributed by atoms with E-state index in [0.29, 0.717) is 4.47 Å². The summed E-state index contributed by atoms with van der Waals surface area (Å²) < 4.78 is 13.7. The van der Waals surface area contributed by atoms with Crippen LogP contribution in [0.4, 0.5) is 4.39 Å². The molecule has 0 aliphatic heterocycles. The zero-order chi connectivity index (χ0) is 13.5. The molecule has 0 atom stereocenters. The van der Waals surface area contributed by atoms with Crippen LogP contribution >= 0.6 is 27.3 Å². The van der Waals surface area contributed by atoms with E-state index in [1.165, 1.54) is 18.9 Å². The molecule has 0 radical (unpaired) electrons. The minimum atomic E-state index is -0.259. The van der Waals surface area contributed by atoms with E-state index < -0.39 is 0 Å². The maximum Gasteiger partial charge on any atom is 0.137 e. The molecule has 1 saturated carbocycles. The number of aromatic nitrogens is 1. The third-order valence-electron chi connectivity index (χ3n) is 3.64. The van der Waals surface area contributed by atoms with Gasteiger partial charge in [-0.05, 0) is 47.0 Å². The molecule has 1 aromatic heterocycles. The smallest absolute Gasteiger partial charge is 0.137 e. The summed E-state index contributed by atoms with van der Waals surface area (Å²) in [5.74, 6) is -0.259. The highest BCUT2D eigenvalue weighted by atomic mass is 79.9. The van der Waals surface area contributed by atoms with E-state index >= 15 is 0 Å². The molecule has 0 saturated heterocycles. The van der Waals surface area contributed by atoms with Crippen molar-refractivity contribution in [3.8, 4) is 11.3 Å². The van der Waals surface area contributed by atoms with Gasteiger partial charge in [-0.25, -0.2) is 9.37 Å². The Hall–Kier alpha value is -0.780. The zero-order valence-electron chi connectivity index (χ0n) is 10.3. The van der Waals surface area contributed by atoms with Crippen molar-refractivity contribution in [2.75, 3.05) is 0 Å². The summed E-state index contributed by atoms with van der Waals surface area (Å²) in [6.07, 6.45) is 4.36. The number of nitrogens with zero attached hydrogens (tertiary/aromatic N) is 1. The molecule has 2 aromatic rings. The molecular formula is C14H14BrFN2S. The molecular weight excluding hydrogens is 327 g/mol. The molecule has 0 bridgehead atoms. The van der Waals surface area contributed by atoms with Crippen LogP contribution in [-0.4, -0.2) is 4.98 Å². The van der Waals surface area contributed by atoms with Crippen molar-refractivity contribution >= 4 is 27.3 Å². The number of hydrogen-bond acceptors (Lipinski definition) is 3. The number of hydrogen-bond donors (Lipinski definition) is 1. The van der Waals surface area contributed by atoms with Gasteiger partial charge in [-0.1, -0.05) is 12.8 Å². The van der Waals surface area contributed by atoms with Crippen molar-refractivity contribution in [1.29, 1.82) is 0 Å². The number of halogens is 2. The SMILES string of the molecule is NC1(c2nc(-c3ccc(F)c(Br)c3)cs2)CCCC1. The largest absolute Gasteiger partial charge is 0.319 e. The molecule has 0 spiro atoms. The number of rotatable bonds is 2. The van der Waals surface area contributed by atoms with Crippen LogP contribution in [0.3, 0.4) is 0 Å². The fraction of sp³-hybridized carbons (Fsp3) is 0.357. The highest BCUT2D eigenvalue weighted by Gasteiger charge is 2.34. The summed E-state index contributed by atoms with van der Waals surface area (Å²) >= 11 is 4.81. The van der Waals surface area contributed by atoms with Gasteiger partial charge in [-0.15, -0.1) is 11.3 Å². The van der Waals surface area contributed by atoms with E-state index in [0.717, 1.165) is 29.1 Å². The van der Waals surface area contributed by atoms with Gasteiger partial charge < -0.3 is 5.73 Å². The monoisotopic (exact) mass is 340 g/mol. The van der Waals surface area contributed by atoms with Crippen molar-refractivity contribution < 1.29 is 4.39 Å². The average Bonchev–Trinajstić information content (AvgIpc) is 3.02. The highest BCUT2D eigenvalue weighted by molar-refractivity contribution is 9.10. The van der Waals surface area contributed by atoms with Gasteiger partial charge in [0.1, 0.15) is 10.8 Å². The summed E-state index contributed by atoms with van der Waals surface area (Å²) in [4.78, 5) is 4.66. The third kappa shape index (κ3) is 2.47. The molecule has 1 aliphatic rings. The Kier molecular flexibility index (Phi) is 3.45. The fourth-order valence-electron chi connectivity index (χ4n) is 2.51. The molecule has 0 unspecified atom stereocenters. The molecule has 0 amide bonds. The Balaban J connectivity index is 1.94. The molecule has 1 fully saturated rings. The van der Waals surface area contributed by atoms with E-state index in [-0.39, 0.29) is 11.4 Å². The molecule has 100 valence electrons. The Bertz CT molecular complexity index is 605.